The van der Waals surface area contributed by atoms with Crippen LogP contribution in [-0.2, 0) is 0 Å². The second-order valence-corrected chi connectivity index (χ2v) is 5.98. The maximum absolute atomic E-state index is 11.8. The smallest absolute Gasteiger partial charge is 0.267 e. The van der Waals surface area contributed by atoms with Gasteiger partial charge in [-0.25, -0.2) is 0 Å². The lowest BCUT2D eigenvalue weighted by Crippen LogP contribution is -2.12. The summed E-state index contributed by atoms with van der Waals surface area (Å²) in [7, 11) is 0. The monoisotopic (exact) mass is 280 g/mol. The number of carbonyl (C=O) groups is 1. The van der Waals surface area contributed by atoms with Gasteiger partial charge in [0.15, 0.2) is 0 Å². The summed E-state index contributed by atoms with van der Waals surface area (Å²) >= 11 is 2.86. The minimum absolute atomic E-state index is 0.118. The summed E-state index contributed by atoms with van der Waals surface area (Å²) in [6.45, 7) is 1.03. The lowest BCUT2D eigenvalue weighted by molar-refractivity contribution is 0.103. The molecule has 0 bridgehead atoms. The number of carbonyl (C=O) groups excluding carboxylic acids is 1. The van der Waals surface area contributed by atoms with Gasteiger partial charge in [0.25, 0.3) is 5.91 Å². The summed E-state index contributed by atoms with van der Waals surface area (Å²) < 4.78 is 0. The number of hydrogen-bond acceptors (Lipinski definition) is 6. The van der Waals surface area contributed by atoms with Gasteiger partial charge in [0, 0.05) is 0 Å². The molecule has 1 saturated heterocycles. The van der Waals surface area contributed by atoms with E-state index < -0.39 is 0 Å². The maximum atomic E-state index is 11.8. The van der Waals surface area contributed by atoms with E-state index in [1.165, 1.54) is 29.1 Å². The molecule has 1 fully saturated rings. The third-order valence-corrected chi connectivity index (χ3v) is 4.59. The number of rotatable bonds is 3. The van der Waals surface area contributed by atoms with Gasteiger partial charge in [0.05, 0.1) is 10.9 Å². The van der Waals surface area contributed by atoms with Crippen molar-refractivity contribution in [1.29, 1.82) is 0 Å². The van der Waals surface area contributed by atoms with Crippen molar-refractivity contribution in [2.45, 2.75) is 18.9 Å². The molecule has 1 amide bonds. The van der Waals surface area contributed by atoms with Crippen molar-refractivity contribution < 1.29 is 4.79 Å². The van der Waals surface area contributed by atoms with E-state index in [0.717, 1.165) is 18.0 Å². The Labute approximate surface area is 112 Å². The minimum Gasteiger partial charge on any atom is -0.308 e. The maximum Gasteiger partial charge on any atom is 0.267 e. The van der Waals surface area contributed by atoms with Gasteiger partial charge in [-0.1, -0.05) is 17.4 Å². The topological polar surface area (TPSA) is 66.9 Å². The first-order chi connectivity index (χ1) is 8.83. The van der Waals surface area contributed by atoms with E-state index in [0.29, 0.717) is 16.1 Å². The minimum atomic E-state index is -0.118. The standard InChI is InChI=1S/C11H12N4OS2/c16-9(8-4-2-6-17-8)13-11-15-14-10(18-11)7-3-1-5-12-7/h2,4,6-7,12H,1,3,5H2,(H,13,15,16). The van der Waals surface area contributed by atoms with E-state index in [4.69, 9.17) is 0 Å². The molecule has 94 valence electrons. The van der Waals surface area contributed by atoms with E-state index in [1.807, 2.05) is 11.4 Å². The molecule has 0 aromatic carbocycles. The van der Waals surface area contributed by atoms with Crippen LogP contribution in [0.2, 0.25) is 0 Å². The lowest BCUT2D eigenvalue weighted by Gasteiger charge is -2.02. The van der Waals surface area contributed by atoms with Gasteiger partial charge in [-0.05, 0) is 30.8 Å². The molecule has 2 aromatic heterocycles. The number of aromatic nitrogens is 2. The van der Waals surface area contributed by atoms with Gasteiger partial charge in [0.2, 0.25) is 5.13 Å². The molecule has 1 aliphatic heterocycles. The van der Waals surface area contributed by atoms with Crippen molar-refractivity contribution in [1.82, 2.24) is 15.5 Å². The molecule has 7 heteroatoms. The van der Waals surface area contributed by atoms with E-state index in [-0.39, 0.29) is 5.91 Å². The Bertz CT molecular complexity index is 531. The summed E-state index contributed by atoms with van der Waals surface area (Å²) in [4.78, 5) is 12.5. The fraction of sp³-hybridized carbons (Fsp3) is 0.364. The predicted octanol–water partition coefficient (Wildman–Crippen LogP) is 2.28. The van der Waals surface area contributed by atoms with E-state index in [1.54, 1.807) is 6.07 Å². The number of nitrogens with zero attached hydrogens (tertiary/aromatic N) is 2. The van der Waals surface area contributed by atoms with Gasteiger partial charge in [-0.3, -0.25) is 10.1 Å². The van der Waals surface area contributed by atoms with Gasteiger partial charge in [-0.2, -0.15) is 0 Å². The van der Waals surface area contributed by atoms with E-state index in [2.05, 4.69) is 20.8 Å². The van der Waals surface area contributed by atoms with Crippen LogP contribution in [-0.4, -0.2) is 22.6 Å². The number of hydrogen-bond donors (Lipinski definition) is 2. The van der Waals surface area contributed by atoms with Crippen LogP contribution in [0.25, 0.3) is 0 Å². The zero-order valence-electron chi connectivity index (χ0n) is 9.55. The first-order valence-corrected chi connectivity index (χ1v) is 7.44. The fourth-order valence-electron chi connectivity index (χ4n) is 1.89. The fourth-order valence-corrected chi connectivity index (χ4v) is 3.36. The molecule has 0 radical (unpaired) electrons. The molecule has 3 heterocycles. The predicted molar refractivity (Wildman–Crippen MR) is 72.2 cm³/mol. The second kappa shape index (κ2) is 5.13. The molecule has 5 nitrogen and oxygen atoms in total. The first kappa shape index (κ1) is 11.8. The van der Waals surface area contributed by atoms with Crippen molar-refractivity contribution in [3.63, 3.8) is 0 Å². The van der Waals surface area contributed by atoms with Crippen LogP contribution in [0.4, 0.5) is 5.13 Å². The van der Waals surface area contributed by atoms with E-state index >= 15 is 0 Å². The highest BCUT2D eigenvalue weighted by Crippen LogP contribution is 2.28. The largest absolute Gasteiger partial charge is 0.308 e. The summed E-state index contributed by atoms with van der Waals surface area (Å²) in [6.07, 6.45) is 2.26. The highest BCUT2D eigenvalue weighted by Gasteiger charge is 2.21. The third-order valence-electron chi connectivity index (χ3n) is 2.76. The highest BCUT2D eigenvalue weighted by atomic mass is 32.1. The Balaban J connectivity index is 1.68. The molecule has 3 rings (SSSR count). The van der Waals surface area contributed by atoms with E-state index in [9.17, 15) is 4.79 Å². The van der Waals surface area contributed by atoms with Gasteiger partial charge in [-0.15, -0.1) is 21.5 Å². The molecule has 2 aromatic rings. The molecule has 0 aliphatic carbocycles. The van der Waals surface area contributed by atoms with Crippen molar-refractivity contribution in [3.8, 4) is 0 Å². The Kier molecular flexibility index (Phi) is 3.35. The van der Waals surface area contributed by atoms with Crippen molar-refractivity contribution in [3.05, 3.63) is 27.4 Å². The molecular weight excluding hydrogens is 268 g/mol. The van der Waals surface area contributed by atoms with Crippen LogP contribution in [0.5, 0.6) is 0 Å². The van der Waals surface area contributed by atoms with Crippen molar-refractivity contribution in [2.75, 3.05) is 11.9 Å². The molecule has 1 atom stereocenters. The SMILES string of the molecule is O=C(Nc1nnc(C2CCCN2)s1)c1cccs1. The third kappa shape index (κ3) is 2.43. The van der Waals surface area contributed by atoms with Gasteiger partial charge >= 0.3 is 0 Å². The Morgan fingerprint density at radius 1 is 1.50 bits per heavy atom. The van der Waals surface area contributed by atoms with Crippen LogP contribution in [0.3, 0.4) is 0 Å². The second-order valence-electron chi connectivity index (χ2n) is 4.03. The molecule has 2 N–H and O–H groups in total. The van der Waals surface area contributed by atoms with Crippen LogP contribution < -0.4 is 10.6 Å². The van der Waals surface area contributed by atoms with Gasteiger partial charge in [0.1, 0.15) is 5.01 Å². The Hall–Kier alpha value is -1.31. The zero-order chi connectivity index (χ0) is 12.4. The molecule has 1 unspecified atom stereocenters. The number of amides is 1. The molecular formula is C11H12N4OS2. The number of anilines is 1. The quantitative estimate of drug-likeness (QED) is 0.905. The molecule has 1 aliphatic rings. The normalized spacial score (nSPS) is 19.0. The average molecular weight is 280 g/mol. The molecule has 18 heavy (non-hydrogen) atoms. The summed E-state index contributed by atoms with van der Waals surface area (Å²) in [5.74, 6) is -0.118. The molecule has 0 saturated carbocycles. The molecule has 0 spiro atoms. The summed E-state index contributed by atoms with van der Waals surface area (Å²) in [5.41, 5.74) is 0. The van der Waals surface area contributed by atoms with Crippen molar-refractivity contribution >= 4 is 33.7 Å². The Morgan fingerprint density at radius 2 is 2.44 bits per heavy atom. The highest BCUT2D eigenvalue weighted by molar-refractivity contribution is 7.15. The summed E-state index contributed by atoms with van der Waals surface area (Å²) in [6, 6.07) is 3.95. The van der Waals surface area contributed by atoms with Crippen LogP contribution in [0.15, 0.2) is 17.5 Å². The zero-order valence-corrected chi connectivity index (χ0v) is 11.2. The van der Waals surface area contributed by atoms with Crippen LogP contribution in [0, 0.1) is 0 Å². The lowest BCUT2D eigenvalue weighted by atomic mass is 10.2. The van der Waals surface area contributed by atoms with Crippen LogP contribution >= 0.6 is 22.7 Å². The first-order valence-electron chi connectivity index (χ1n) is 5.74. The van der Waals surface area contributed by atoms with Crippen molar-refractivity contribution in [2.24, 2.45) is 0 Å². The Morgan fingerprint density at radius 3 is 3.17 bits per heavy atom. The number of nitrogens with one attached hydrogen (secondary N) is 2. The average Bonchev–Trinajstić information content (AvgIpc) is 3.12. The number of thiophene rings is 1. The van der Waals surface area contributed by atoms with Crippen LogP contribution in [0.1, 0.15) is 33.6 Å². The van der Waals surface area contributed by atoms with Gasteiger partial charge < -0.3 is 5.32 Å². The summed E-state index contributed by atoms with van der Waals surface area (Å²) in [5, 5.41) is 17.7.